The van der Waals surface area contributed by atoms with Gasteiger partial charge in [-0.05, 0) is 69.1 Å². The molecular formula is C19H28O2. The van der Waals surface area contributed by atoms with E-state index in [0.29, 0.717) is 18.9 Å². The molecular weight excluding hydrogens is 260 g/mol. The number of carbonyl (C=O) groups is 1. The fourth-order valence-electron chi connectivity index (χ4n) is 3.27. The average Bonchev–Trinajstić information content (AvgIpc) is 2.46. The lowest BCUT2D eigenvalue weighted by molar-refractivity contribution is -0.149. The van der Waals surface area contributed by atoms with Gasteiger partial charge >= 0.3 is 0 Å². The van der Waals surface area contributed by atoms with Crippen molar-refractivity contribution in [1.82, 2.24) is 0 Å². The number of hydrogen-bond donors (Lipinski definition) is 0. The molecule has 21 heavy (non-hydrogen) atoms. The summed E-state index contributed by atoms with van der Waals surface area (Å²) < 4.78 is 5.96. The molecule has 0 saturated heterocycles. The Morgan fingerprint density at radius 2 is 1.90 bits per heavy atom. The van der Waals surface area contributed by atoms with Crippen molar-refractivity contribution in [3.63, 3.8) is 0 Å². The predicted octanol–water partition coefficient (Wildman–Crippen LogP) is 4.40. The van der Waals surface area contributed by atoms with Gasteiger partial charge in [-0.1, -0.05) is 25.1 Å². The van der Waals surface area contributed by atoms with Gasteiger partial charge in [0.25, 0.3) is 0 Å². The van der Waals surface area contributed by atoms with Gasteiger partial charge in [0.2, 0.25) is 0 Å². The summed E-state index contributed by atoms with van der Waals surface area (Å²) in [5.41, 5.74) is 3.11. The van der Waals surface area contributed by atoms with Crippen LogP contribution >= 0.6 is 0 Å². The zero-order chi connectivity index (χ0) is 15.5. The molecule has 0 radical (unpaired) electrons. The fraction of sp³-hybridized carbons (Fsp3) is 0.632. The summed E-state index contributed by atoms with van der Waals surface area (Å²) in [6, 6.07) is 6.32. The van der Waals surface area contributed by atoms with Crippen molar-refractivity contribution in [2.45, 2.75) is 65.4 Å². The predicted molar refractivity (Wildman–Crippen MR) is 86.6 cm³/mol. The smallest absolute Gasteiger partial charge is 0.168 e. The van der Waals surface area contributed by atoms with Crippen LogP contribution in [0.2, 0.25) is 0 Å². The minimum absolute atomic E-state index is 0.263. The molecule has 0 amide bonds. The van der Waals surface area contributed by atoms with Gasteiger partial charge in [-0.25, -0.2) is 0 Å². The van der Waals surface area contributed by atoms with Crippen molar-refractivity contribution in [3.05, 3.63) is 34.9 Å². The van der Waals surface area contributed by atoms with Crippen molar-refractivity contribution in [2.24, 2.45) is 5.92 Å². The van der Waals surface area contributed by atoms with E-state index in [2.05, 4.69) is 39.0 Å². The summed E-state index contributed by atoms with van der Waals surface area (Å²) in [6.07, 6.45) is 4.45. The first-order valence-corrected chi connectivity index (χ1v) is 8.20. The van der Waals surface area contributed by atoms with Crippen molar-refractivity contribution < 1.29 is 9.53 Å². The van der Waals surface area contributed by atoms with E-state index in [-0.39, 0.29) is 5.78 Å². The van der Waals surface area contributed by atoms with Gasteiger partial charge in [0.1, 0.15) is 5.60 Å². The zero-order valence-corrected chi connectivity index (χ0v) is 13.9. The van der Waals surface area contributed by atoms with Crippen molar-refractivity contribution in [3.8, 4) is 0 Å². The molecule has 0 bridgehead atoms. The first-order valence-electron chi connectivity index (χ1n) is 8.20. The Balaban J connectivity index is 2.13. The topological polar surface area (TPSA) is 26.3 Å². The molecule has 0 N–H and O–H groups in total. The second-order valence-electron chi connectivity index (χ2n) is 6.63. The van der Waals surface area contributed by atoms with Crippen LogP contribution in [0.3, 0.4) is 0 Å². The highest BCUT2D eigenvalue weighted by atomic mass is 16.5. The third-order valence-corrected chi connectivity index (χ3v) is 4.95. The van der Waals surface area contributed by atoms with Crippen LogP contribution < -0.4 is 0 Å². The van der Waals surface area contributed by atoms with E-state index >= 15 is 0 Å². The number of ether oxygens (including phenoxy) is 1. The normalized spacial score (nSPS) is 25.8. The second kappa shape index (κ2) is 6.74. The van der Waals surface area contributed by atoms with Crippen LogP contribution in [0.5, 0.6) is 0 Å². The van der Waals surface area contributed by atoms with Crippen LogP contribution in [0.1, 0.15) is 56.2 Å². The molecule has 2 nitrogen and oxygen atoms in total. The Morgan fingerprint density at radius 3 is 2.48 bits per heavy atom. The zero-order valence-electron chi connectivity index (χ0n) is 13.9. The van der Waals surface area contributed by atoms with E-state index in [1.54, 1.807) is 0 Å². The number of rotatable bonds is 5. The molecule has 0 aromatic heterocycles. The highest BCUT2D eigenvalue weighted by Crippen LogP contribution is 2.36. The van der Waals surface area contributed by atoms with Gasteiger partial charge in [0.05, 0.1) is 0 Å². The summed E-state index contributed by atoms with van der Waals surface area (Å²) in [7, 11) is 0. The second-order valence-corrected chi connectivity index (χ2v) is 6.63. The summed E-state index contributed by atoms with van der Waals surface area (Å²) in [5, 5.41) is 0. The van der Waals surface area contributed by atoms with Crippen molar-refractivity contribution >= 4 is 5.78 Å². The monoisotopic (exact) mass is 288 g/mol. The SMILES string of the molecule is CCOC1(C(=O)Cc2ccc(C)c(C)c2)CCC(C)CC1. The molecule has 2 rings (SSSR count). The number of Topliss-reactive ketones (excluding diaryl/α,β-unsaturated/α-hetero) is 1. The highest BCUT2D eigenvalue weighted by Gasteiger charge is 2.41. The van der Waals surface area contributed by atoms with E-state index < -0.39 is 5.60 Å². The lowest BCUT2D eigenvalue weighted by Crippen LogP contribution is -2.45. The maximum Gasteiger partial charge on any atom is 0.168 e. The number of aryl methyl sites for hydroxylation is 2. The van der Waals surface area contributed by atoms with Gasteiger partial charge in [-0.3, -0.25) is 4.79 Å². The number of hydrogen-bond acceptors (Lipinski definition) is 2. The molecule has 0 unspecified atom stereocenters. The molecule has 0 heterocycles. The van der Waals surface area contributed by atoms with Crippen LogP contribution in [0.4, 0.5) is 0 Å². The minimum Gasteiger partial charge on any atom is -0.367 e. The Morgan fingerprint density at radius 1 is 1.24 bits per heavy atom. The van der Waals surface area contributed by atoms with Crippen LogP contribution in [-0.2, 0) is 16.0 Å². The molecule has 1 aliphatic rings. The number of carbonyl (C=O) groups excluding carboxylic acids is 1. The third-order valence-electron chi connectivity index (χ3n) is 4.95. The number of ketones is 1. The van der Waals surface area contributed by atoms with Crippen molar-refractivity contribution in [2.75, 3.05) is 6.61 Å². The van der Waals surface area contributed by atoms with Gasteiger partial charge in [-0.2, -0.15) is 0 Å². The lowest BCUT2D eigenvalue weighted by atomic mass is 9.75. The van der Waals surface area contributed by atoms with E-state index in [9.17, 15) is 4.79 Å². The Hall–Kier alpha value is -1.15. The Bertz CT molecular complexity index is 496. The molecule has 1 saturated carbocycles. The van der Waals surface area contributed by atoms with Crippen LogP contribution in [0.15, 0.2) is 18.2 Å². The van der Waals surface area contributed by atoms with Gasteiger partial charge < -0.3 is 4.74 Å². The van der Waals surface area contributed by atoms with Crippen molar-refractivity contribution in [1.29, 1.82) is 0 Å². The lowest BCUT2D eigenvalue weighted by Gasteiger charge is -2.38. The van der Waals surface area contributed by atoms with E-state index in [4.69, 9.17) is 4.74 Å². The van der Waals surface area contributed by atoms with E-state index in [1.165, 1.54) is 11.1 Å². The first-order chi connectivity index (χ1) is 9.97. The fourth-order valence-corrected chi connectivity index (χ4v) is 3.27. The van der Waals surface area contributed by atoms with E-state index in [0.717, 1.165) is 31.2 Å². The molecule has 0 atom stereocenters. The third kappa shape index (κ3) is 3.74. The molecule has 0 aliphatic heterocycles. The molecule has 2 heteroatoms. The minimum atomic E-state index is -0.528. The number of benzene rings is 1. The summed E-state index contributed by atoms with van der Waals surface area (Å²) in [6.45, 7) is 9.08. The summed E-state index contributed by atoms with van der Waals surface area (Å²) in [4.78, 5) is 12.9. The largest absolute Gasteiger partial charge is 0.367 e. The quantitative estimate of drug-likeness (QED) is 0.802. The molecule has 1 aliphatic carbocycles. The molecule has 1 aromatic carbocycles. The first kappa shape index (κ1) is 16.2. The van der Waals surface area contributed by atoms with Crippen LogP contribution in [0, 0.1) is 19.8 Å². The maximum absolute atomic E-state index is 12.9. The molecule has 0 spiro atoms. The highest BCUT2D eigenvalue weighted by molar-refractivity contribution is 5.89. The standard InChI is InChI=1S/C19H28O2/c1-5-21-19(10-8-14(2)9-11-19)18(20)13-17-7-6-15(3)16(4)12-17/h6-7,12,14H,5,8-11,13H2,1-4H3. The Kier molecular flexibility index (Phi) is 5.21. The summed E-state index contributed by atoms with van der Waals surface area (Å²) >= 11 is 0. The van der Waals surface area contributed by atoms with Crippen LogP contribution in [-0.4, -0.2) is 18.0 Å². The van der Waals surface area contributed by atoms with Gasteiger partial charge in [0, 0.05) is 13.0 Å². The molecule has 1 fully saturated rings. The van der Waals surface area contributed by atoms with Gasteiger partial charge in [0.15, 0.2) is 5.78 Å². The van der Waals surface area contributed by atoms with Crippen LogP contribution in [0.25, 0.3) is 0 Å². The van der Waals surface area contributed by atoms with Gasteiger partial charge in [-0.15, -0.1) is 0 Å². The Labute approximate surface area is 128 Å². The molecule has 1 aromatic rings. The molecule has 116 valence electrons. The van der Waals surface area contributed by atoms with E-state index in [1.807, 2.05) is 6.92 Å². The summed E-state index contributed by atoms with van der Waals surface area (Å²) in [5.74, 6) is 0.979. The average molecular weight is 288 g/mol. The maximum atomic E-state index is 12.9.